The monoisotopic (exact) mass is 129 g/mol. The molecular formula is C6H15N3. The first kappa shape index (κ1) is 6.99. The SMILES string of the molecule is CNCC1CNCCN1. The van der Waals surface area contributed by atoms with Gasteiger partial charge < -0.3 is 16.0 Å². The van der Waals surface area contributed by atoms with Gasteiger partial charge in [0, 0.05) is 32.2 Å². The second-order valence-corrected chi connectivity index (χ2v) is 2.41. The van der Waals surface area contributed by atoms with E-state index in [4.69, 9.17) is 0 Å². The zero-order chi connectivity index (χ0) is 6.53. The predicted octanol–water partition coefficient (Wildman–Crippen LogP) is -1.23. The van der Waals surface area contributed by atoms with Crippen molar-refractivity contribution in [3.63, 3.8) is 0 Å². The molecule has 0 aromatic rings. The van der Waals surface area contributed by atoms with E-state index >= 15 is 0 Å². The summed E-state index contributed by atoms with van der Waals surface area (Å²) in [7, 11) is 1.98. The summed E-state index contributed by atoms with van der Waals surface area (Å²) in [4.78, 5) is 0. The summed E-state index contributed by atoms with van der Waals surface area (Å²) in [5.74, 6) is 0. The molecule has 9 heavy (non-hydrogen) atoms. The van der Waals surface area contributed by atoms with Crippen LogP contribution in [-0.4, -0.2) is 39.3 Å². The molecule has 54 valence electrons. The first-order valence-electron chi connectivity index (χ1n) is 3.52. The molecule has 1 aliphatic heterocycles. The van der Waals surface area contributed by atoms with E-state index in [1.165, 1.54) is 0 Å². The van der Waals surface area contributed by atoms with Gasteiger partial charge in [-0.2, -0.15) is 0 Å². The molecule has 1 atom stereocenters. The lowest BCUT2D eigenvalue weighted by Gasteiger charge is -2.23. The summed E-state index contributed by atoms with van der Waals surface area (Å²) in [6, 6.07) is 0.628. The molecule has 0 aromatic carbocycles. The van der Waals surface area contributed by atoms with Crippen LogP contribution >= 0.6 is 0 Å². The molecule has 1 rings (SSSR count). The second-order valence-electron chi connectivity index (χ2n) is 2.41. The Morgan fingerprint density at radius 1 is 1.56 bits per heavy atom. The molecule has 0 aromatic heterocycles. The fourth-order valence-electron chi connectivity index (χ4n) is 1.10. The van der Waals surface area contributed by atoms with Crippen molar-refractivity contribution < 1.29 is 0 Å². The lowest BCUT2D eigenvalue weighted by molar-refractivity contribution is 0.408. The fourth-order valence-corrected chi connectivity index (χ4v) is 1.10. The highest BCUT2D eigenvalue weighted by Gasteiger charge is 2.08. The largest absolute Gasteiger partial charge is 0.318 e. The molecule has 0 spiro atoms. The Morgan fingerprint density at radius 2 is 2.44 bits per heavy atom. The van der Waals surface area contributed by atoms with Gasteiger partial charge in [-0.25, -0.2) is 0 Å². The molecule has 1 heterocycles. The van der Waals surface area contributed by atoms with Crippen LogP contribution in [0.1, 0.15) is 0 Å². The standard InChI is InChI=1S/C6H15N3/c1-7-4-6-5-8-2-3-9-6/h6-9H,2-5H2,1H3. The average molecular weight is 129 g/mol. The molecule has 1 aliphatic rings. The number of likely N-dealkylation sites (N-methyl/N-ethyl adjacent to an activating group) is 1. The minimum atomic E-state index is 0.628. The third kappa shape index (κ3) is 2.30. The summed E-state index contributed by atoms with van der Waals surface area (Å²) in [5, 5.41) is 9.85. The van der Waals surface area contributed by atoms with Crippen molar-refractivity contribution in [2.24, 2.45) is 0 Å². The molecule has 0 bridgehead atoms. The van der Waals surface area contributed by atoms with Crippen LogP contribution in [0.2, 0.25) is 0 Å². The Bertz CT molecular complexity index is 65.9. The van der Waals surface area contributed by atoms with Gasteiger partial charge in [0.25, 0.3) is 0 Å². The van der Waals surface area contributed by atoms with Gasteiger partial charge in [0.05, 0.1) is 0 Å². The molecule has 0 saturated carbocycles. The van der Waals surface area contributed by atoms with Crippen molar-refractivity contribution in [1.82, 2.24) is 16.0 Å². The maximum atomic E-state index is 3.40. The van der Waals surface area contributed by atoms with Crippen molar-refractivity contribution in [3.05, 3.63) is 0 Å². The normalized spacial score (nSPS) is 28.3. The number of piperazine rings is 1. The van der Waals surface area contributed by atoms with E-state index in [1.807, 2.05) is 7.05 Å². The van der Waals surface area contributed by atoms with E-state index in [9.17, 15) is 0 Å². The summed E-state index contributed by atoms with van der Waals surface area (Å²) >= 11 is 0. The zero-order valence-electron chi connectivity index (χ0n) is 5.91. The van der Waals surface area contributed by atoms with Gasteiger partial charge in [0.1, 0.15) is 0 Å². The van der Waals surface area contributed by atoms with Gasteiger partial charge >= 0.3 is 0 Å². The Labute approximate surface area is 56.2 Å². The van der Waals surface area contributed by atoms with Crippen molar-refractivity contribution in [2.45, 2.75) is 6.04 Å². The van der Waals surface area contributed by atoms with Gasteiger partial charge in [-0.15, -0.1) is 0 Å². The van der Waals surface area contributed by atoms with Gasteiger partial charge in [-0.05, 0) is 7.05 Å². The molecular weight excluding hydrogens is 114 g/mol. The molecule has 1 fully saturated rings. The Morgan fingerprint density at radius 3 is 3.00 bits per heavy atom. The van der Waals surface area contributed by atoms with Crippen LogP contribution in [0.4, 0.5) is 0 Å². The van der Waals surface area contributed by atoms with Crippen molar-refractivity contribution in [1.29, 1.82) is 0 Å². The Balaban J connectivity index is 2.08. The lowest BCUT2D eigenvalue weighted by Crippen LogP contribution is -2.52. The Kier molecular flexibility index (Phi) is 2.97. The van der Waals surface area contributed by atoms with E-state index in [0.29, 0.717) is 6.04 Å². The van der Waals surface area contributed by atoms with Crippen molar-refractivity contribution >= 4 is 0 Å². The molecule has 3 nitrogen and oxygen atoms in total. The lowest BCUT2D eigenvalue weighted by atomic mass is 10.2. The first-order valence-corrected chi connectivity index (χ1v) is 3.52. The quantitative estimate of drug-likeness (QED) is 0.437. The van der Waals surface area contributed by atoms with E-state index in [1.54, 1.807) is 0 Å². The van der Waals surface area contributed by atoms with Crippen LogP contribution in [-0.2, 0) is 0 Å². The maximum absolute atomic E-state index is 3.40. The number of hydrogen-bond donors (Lipinski definition) is 3. The van der Waals surface area contributed by atoms with E-state index in [2.05, 4.69) is 16.0 Å². The molecule has 0 amide bonds. The van der Waals surface area contributed by atoms with Crippen molar-refractivity contribution in [3.8, 4) is 0 Å². The number of nitrogens with one attached hydrogen (secondary N) is 3. The zero-order valence-corrected chi connectivity index (χ0v) is 5.91. The predicted molar refractivity (Wildman–Crippen MR) is 38.6 cm³/mol. The maximum Gasteiger partial charge on any atom is 0.0317 e. The van der Waals surface area contributed by atoms with Crippen LogP contribution in [0.3, 0.4) is 0 Å². The minimum Gasteiger partial charge on any atom is -0.318 e. The van der Waals surface area contributed by atoms with E-state index in [-0.39, 0.29) is 0 Å². The summed E-state index contributed by atoms with van der Waals surface area (Å²) in [6.45, 7) is 4.38. The van der Waals surface area contributed by atoms with Crippen LogP contribution in [0.15, 0.2) is 0 Å². The summed E-state index contributed by atoms with van der Waals surface area (Å²) < 4.78 is 0. The van der Waals surface area contributed by atoms with Gasteiger partial charge in [0.2, 0.25) is 0 Å². The molecule has 3 N–H and O–H groups in total. The fraction of sp³-hybridized carbons (Fsp3) is 1.00. The highest BCUT2D eigenvalue weighted by molar-refractivity contribution is 4.76. The van der Waals surface area contributed by atoms with Crippen LogP contribution in [0.25, 0.3) is 0 Å². The molecule has 1 saturated heterocycles. The third-order valence-corrected chi connectivity index (χ3v) is 1.58. The minimum absolute atomic E-state index is 0.628. The van der Waals surface area contributed by atoms with Gasteiger partial charge in [-0.1, -0.05) is 0 Å². The van der Waals surface area contributed by atoms with Crippen LogP contribution in [0, 0.1) is 0 Å². The van der Waals surface area contributed by atoms with Crippen LogP contribution in [0.5, 0.6) is 0 Å². The van der Waals surface area contributed by atoms with E-state index in [0.717, 1.165) is 26.2 Å². The average Bonchev–Trinajstić information content (AvgIpc) is 1.91. The highest BCUT2D eigenvalue weighted by atomic mass is 15.1. The first-order chi connectivity index (χ1) is 4.43. The smallest absolute Gasteiger partial charge is 0.0317 e. The topological polar surface area (TPSA) is 36.1 Å². The summed E-state index contributed by atoms with van der Waals surface area (Å²) in [5.41, 5.74) is 0. The molecule has 0 radical (unpaired) electrons. The highest BCUT2D eigenvalue weighted by Crippen LogP contribution is 1.82. The van der Waals surface area contributed by atoms with Gasteiger partial charge in [0.15, 0.2) is 0 Å². The second kappa shape index (κ2) is 3.82. The molecule has 1 unspecified atom stereocenters. The number of rotatable bonds is 2. The Hall–Kier alpha value is -0.120. The van der Waals surface area contributed by atoms with Gasteiger partial charge in [-0.3, -0.25) is 0 Å². The van der Waals surface area contributed by atoms with Crippen LogP contribution < -0.4 is 16.0 Å². The summed E-state index contributed by atoms with van der Waals surface area (Å²) in [6.07, 6.45) is 0. The number of hydrogen-bond acceptors (Lipinski definition) is 3. The molecule has 3 heteroatoms. The third-order valence-electron chi connectivity index (χ3n) is 1.58. The molecule has 0 aliphatic carbocycles. The van der Waals surface area contributed by atoms with E-state index < -0.39 is 0 Å². The van der Waals surface area contributed by atoms with Crippen molar-refractivity contribution in [2.75, 3.05) is 33.2 Å².